The van der Waals surface area contributed by atoms with Crippen molar-refractivity contribution in [2.24, 2.45) is 13.0 Å². The summed E-state index contributed by atoms with van der Waals surface area (Å²) in [6, 6.07) is 7.96. The molecule has 1 aliphatic carbocycles. The molecule has 0 bridgehead atoms. The topological polar surface area (TPSA) is 84.2 Å². The van der Waals surface area contributed by atoms with Gasteiger partial charge in [0, 0.05) is 50.4 Å². The van der Waals surface area contributed by atoms with Crippen LogP contribution in [0, 0.1) is 5.92 Å². The van der Waals surface area contributed by atoms with Crippen LogP contribution in [0.15, 0.2) is 43.0 Å². The number of likely N-dealkylation sites (tertiary alicyclic amines) is 1. The molecule has 1 atom stereocenters. The van der Waals surface area contributed by atoms with E-state index >= 15 is 0 Å². The maximum atomic E-state index is 13.4. The van der Waals surface area contributed by atoms with Crippen molar-refractivity contribution >= 4 is 34.7 Å². The molecule has 0 radical (unpaired) electrons. The largest absolute Gasteiger partial charge is 0.367 e. The van der Waals surface area contributed by atoms with Crippen molar-refractivity contribution in [1.29, 1.82) is 0 Å². The van der Waals surface area contributed by atoms with Gasteiger partial charge in [-0.2, -0.15) is 0 Å². The molecule has 8 nitrogen and oxygen atoms in total. The number of amides is 2. The third-order valence-corrected chi connectivity index (χ3v) is 7.55. The number of fused-ring (bicyclic) bond motifs is 2. The summed E-state index contributed by atoms with van der Waals surface area (Å²) in [6.45, 7) is 6.54. The van der Waals surface area contributed by atoms with Crippen molar-refractivity contribution in [3.8, 4) is 11.5 Å². The van der Waals surface area contributed by atoms with E-state index in [4.69, 9.17) is 4.98 Å². The van der Waals surface area contributed by atoms with Gasteiger partial charge in [0.05, 0.1) is 16.7 Å². The van der Waals surface area contributed by atoms with E-state index in [0.29, 0.717) is 18.7 Å². The first-order chi connectivity index (χ1) is 17.5. The minimum Gasteiger partial charge on any atom is -0.367 e. The van der Waals surface area contributed by atoms with Crippen LogP contribution in [0.3, 0.4) is 0 Å². The highest BCUT2D eigenvalue weighted by molar-refractivity contribution is 5.98. The summed E-state index contributed by atoms with van der Waals surface area (Å²) in [4.78, 5) is 31.9. The molecule has 1 saturated carbocycles. The highest BCUT2D eigenvalue weighted by atomic mass is 16.2. The Balaban J connectivity index is 1.31. The van der Waals surface area contributed by atoms with E-state index in [-0.39, 0.29) is 17.9 Å². The molecule has 0 spiro atoms. The molecule has 3 aromatic rings. The minimum absolute atomic E-state index is 0.0245. The van der Waals surface area contributed by atoms with Crippen LogP contribution < -0.4 is 10.6 Å². The average Bonchev–Trinajstić information content (AvgIpc) is 3.57. The number of piperidine rings is 1. The van der Waals surface area contributed by atoms with Crippen LogP contribution in [-0.4, -0.2) is 56.5 Å². The zero-order chi connectivity index (χ0) is 24.8. The lowest BCUT2D eigenvalue weighted by atomic mass is 10.0. The van der Waals surface area contributed by atoms with Crippen molar-refractivity contribution < 1.29 is 9.59 Å². The first-order valence-electron chi connectivity index (χ1n) is 12.8. The van der Waals surface area contributed by atoms with Crippen molar-refractivity contribution in [3.05, 3.63) is 54.1 Å². The lowest BCUT2D eigenvalue weighted by molar-refractivity contribution is -0.117. The van der Waals surface area contributed by atoms with Gasteiger partial charge in [0.1, 0.15) is 5.82 Å². The van der Waals surface area contributed by atoms with E-state index in [0.717, 1.165) is 54.4 Å². The van der Waals surface area contributed by atoms with Crippen LogP contribution in [0.4, 0.5) is 5.82 Å². The van der Waals surface area contributed by atoms with E-state index < -0.39 is 0 Å². The first-order valence-corrected chi connectivity index (χ1v) is 12.8. The van der Waals surface area contributed by atoms with Gasteiger partial charge in [0.15, 0.2) is 5.82 Å². The molecular formula is C28H32N6O2. The quantitative estimate of drug-likeness (QED) is 0.522. The van der Waals surface area contributed by atoms with E-state index in [1.165, 1.54) is 30.3 Å². The molecule has 2 aliphatic heterocycles. The van der Waals surface area contributed by atoms with Crippen LogP contribution in [-0.2, 0) is 18.4 Å². The number of carbonyl (C=O) groups excluding carboxylic acids is 2. The molecule has 4 heterocycles. The fourth-order valence-electron chi connectivity index (χ4n) is 5.45. The number of carbonyl (C=O) groups is 2. The SMILES string of the molecule is C=CC(=O)N[C@@H]1CCCN(C(=O)c2ccc3c(c2)nc(-c2cc4c(n2CC2CC2)NCC=C4)n3C)C1. The van der Waals surface area contributed by atoms with Gasteiger partial charge < -0.3 is 24.7 Å². The Morgan fingerprint density at radius 2 is 2.11 bits per heavy atom. The number of nitrogens with zero attached hydrogens (tertiary/aromatic N) is 4. The number of rotatable bonds is 6. The Hall–Kier alpha value is -3.81. The summed E-state index contributed by atoms with van der Waals surface area (Å²) >= 11 is 0. The normalized spacial score (nSPS) is 19.1. The second-order valence-electron chi connectivity index (χ2n) is 10.2. The molecule has 2 amide bonds. The second-order valence-corrected chi connectivity index (χ2v) is 10.2. The van der Waals surface area contributed by atoms with Gasteiger partial charge in [0.25, 0.3) is 5.91 Å². The molecule has 186 valence electrons. The fraction of sp³-hybridized carbons (Fsp3) is 0.393. The zero-order valence-corrected chi connectivity index (χ0v) is 20.7. The molecule has 2 fully saturated rings. The van der Waals surface area contributed by atoms with Crippen LogP contribution in [0.1, 0.15) is 41.6 Å². The van der Waals surface area contributed by atoms with Crippen molar-refractivity contribution in [2.75, 3.05) is 25.0 Å². The molecule has 2 aromatic heterocycles. The highest BCUT2D eigenvalue weighted by Gasteiger charge is 2.28. The smallest absolute Gasteiger partial charge is 0.254 e. The maximum Gasteiger partial charge on any atom is 0.254 e. The number of aryl methyl sites for hydroxylation is 1. The Kier molecular flexibility index (Phi) is 5.66. The average molecular weight is 485 g/mol. The molecule has 0 unspecified atom stereocenters. The van der Waals surface area contributed by atoms with Gasteiger partial charge in [-0.25, -0.2) is 4.98 Å². The maximum absolute atomic E-state index is 13.4. The highest BCUT2D eigenvalue weighted by Crippen LogP contribution is 2.38. The van der Waals surface area contributed by atoms with Gasteiger partial charge in [-0.1, -0.05) is 18.7 Å². The predicted octanol–water partition coefficient (Wildman–Crippen LogP) is 3.80. The van der Waals surface area contributed by atoms with Crippen LogP contribution >= 0.6 is 0 Å². The summed E-state index contributed by atoms with van der Waals surface area (Å²) in [5.41, 5.74) is 4.74. The third-order valence-electron chi connectivity index (χ3n) is 7.55. The van der Waals surface area contributed by atoms with Gasteiger partial charge in [-0.15, -0.1) is 0 Å². The molecule has 2 N–H and O–H groups in total. The number of imidazole rings is 1. The molecular weight excluding hydrogens is 452 g/mol. The lowest BCUT2D eigenvalue weighted by Crippen LogP contribution is -2.49. The summed E-state index contributed by atoms with van der Waals surface area (Å²) in [6.07, 6.45) is 9.89. The molecule has 3 aliphatic rings. The van der Waals surface area contributed by atoms with Crippen molar-refractivity contribution in [3.63, 3.8) is 0 Å². The minimum atomic E-state index is -0.199. The molecule has 1 aromatic carbocycles. The number of hydrogen-bond acceptors (Lipinski definition) is 4. The van der Waals surface area contributed by atoms with Gasteiger partial charge in [0.2, 0.25) is 5.91 Å². The third kappa shape index (κ3) is 4.10. The second kappa shape index (κ2) is 9.00. The first kappa shape index (κ1) is 22.6. The number of benzene rings is 1. The van der Waals surface area contributed by atoms with Crippen LogP contribution in [0.2, 0.25) is 0 Å². The Labute approximate surface area is 210 Å². The number of anilines is 1. The van der Waals surface area contributed by atoms with E-state index in [2.05, 4.69) is 44.6 Å². The van der Waals surface area contributed by atoms with Gasteiger partial charge in [-0.05, 0) is 61.9 Å². The number of hydrogen-bond donors (Lipinski definition) is 2. The monoisotopic (exact) mass is 484 g/mol. The summed E-state index contributed by atoms with van der Waals surface area (Å²) in [5, 5.41) is 6.47. The number of nitrogens with one attached hydrogen (secondary N) is 2. The van der Waals surface area contributed by atoms with Crippen LogP contribution in [0.5, 0.6) is 0 Å². The predicted molar refractivity (Wildman–Crippen MR) is 142 cm³/mol. The van der Waals surface area contributed by atoms with Crippen molar-refractivity contribution in [2.45, 2.75) is 38.3 Å². The summed E-state index contributed by atoms with van der Waals surface area (Å²) < 4.78 is 4.51. The Morgan fingerprint density at radius 3 is 2.92 bits per heavy atom. The van der Waals surface area contributed by atoms with Crippen molar-refractivity contribution in [1.82, 2.24) is 24.3 Å². The van der Waals surface area contributed by atoms with E-state index in [1.54, 1.807) is 0 Å². The summed E-state index contributed by atoms with van der Waals surface area (Å²) in [7, 11) is 2.04. The lowest BCUT2D eigenvalue weighted by Gasteiger charge is -2.33. The molecule has 36 heavy (non-hydrogen) atoms. The Bertz CT molecular complexity index is 1390. The number of aromatic nitrogens is 3. The zero-order valence-electron chi connectivity index (χ0n) is 20.7. The van der Waals surface area contributed by atoms with E-state index in [1.807, 2.05) is 30.1 Å². The van der Waals surface area contributed by atoms with E-state index in [9.17, 15) is 9.59 Å². The molecule has 8 heteroatoms. The Morgan fingerprint density at radius 1 is 1.25 bits per heavy atom. The molecule has 6 rings (SSSR count). The summed E-state index contributed by atoms with van der Waals surface area (Å²) in [5.74, 6) is 2.59. The van der Waals surface area contributed by atoms with Gasteiger partial charge in [-0.3, -0.25) is 9.59 Å². The standard InChI is InChI=1S/C28H32N6O2/c1-3-25(35)30-21-7-5-13-33(17-21)28(36)20-10-11-23-22(14-20)31-27(32(23)2)24-15-19-6-4-12-29-26(19)34(24)16-18-8-9-18/h3-4,6,10-11,14-15,18,21,29H,1,5,7-9,12-13,16-17H2,2H3,(H,30,35)/t21-/m1/s1. The fourth-order valence-corrected chi connectivity index (χ4v) is 5.45. The molecule has 1 saturated heterocycles. The van der Waals surface area contributed by atoms with Crippen LogP contribution in [0.25, 0.3) is 28.6 Å². The van der Waals surface area contributed by atoms with Gasteiger partial charge >= 0.3 is 0 Å².